The fourth-order valence-electron chi connectivity index (χ4n) is 10.8. The van der Waals surface area contributed by atoms with Crippen LogP contribution in [0.15, 0.2) is 64.7 Å². The first kappa shape index (κ1) is 78.8. The number of hydrogen-bond acceptors (Lipinski definition) is 22. The van der Waals surface area contributed by atoms with Crippen LogP contribution in [-0.2, 0) is 19.0 Å². The van der Waals surface area contributed by atoms with Crippen molar-refractivity contribution in [1.82, 2.24) is 0 Å². The Balaban J connectivity index is 2.45. The van der Waals surface area contributed by atoms with Crippen LogP contribution in [0.1, 0.15) is 139 Å². The van der Waals surface area contributed by atoms with Crippen molar-refractivity contribution in [3.8, 4) is 0 Å². The number of allylic oxidation sites excluding steroid dienone is 2. The van der Waals surface area contributed by atoms with Crippen molar-refractivity contribution in [2.45, 2.75) is 262 Å². The van der Waals surface area contributed by atoms with Gasteiger partial charge in [0.2, 0.25) is 0 Å². The largest absolute Gasteiger partial charge is 0.458 e. The third kappa shape index (κ3) is 27.0. The number of aliphatic hydroxyl groups excluding tert-OH is 17. The summed E-state index contributed by atoms with van der Waals surface area (Å²) in [5.41, 5.74) is 11.4. The van der Waals surface area contributed by atoms with Gasteiger partial charge in [-0.1, -0.05) is 97.1 Å². The van der Waals surface area contributed by atoms with E-state index in [0.29, 0.717) is 32.1 Å². The summed E-state index contributed by atoms with van der Waals surface area (Å²) in [6, 6.07) is 0. The first-order valence-electron chi connectivity index (χ1n) is 30.7. The number of guanidine groups is 1. The van der Waals surface area contributed by atoms with Crippen LogP contribution in [0.5, 0.6) is 0 Å². The lowest BCUT2D eigenvalue weighted by Gasteiger charge is -2.41. The molecular weight excluding hydrogens is 1120 g/mol. The lowest BCUT2D eigenvalue weighted by Crippen LogP contribution is -2.60. The van der Waals surface area contributed by atoms with Crippen LogP contribution in [0.25, 0.3) is 0 Å². The molecule has 0 aromatic rings. The van der Waals surface area contributed by atoms with Crippen LogP contribution in [0.3, 0.4) is 0 Å². The number of ether oxygens (including phenoxy) is 3. The summed E-state index contributed by atoms with van der Waals surface area (Å²) >= 11 is 0. The fraction of sp³-hybridized carbons (Fsp3) is 0.806. The smallest absolute Gasteiger partial charge is 0.333 e. The average molecular weight is 1230 g/mol. The Morgan fingerprint density at radius 3 is 1.94 bits per heavy atom. The van der Waals surface area contributed by atoms with Gasteiger partial charge in [-0.2, -0.15) is 0 Å². The summed E-state index contributed by atoms with van der Waals surface area (Å²) in [4.78, 5) is 17.5. The molecule has 500 valence electrons. The molecule has 0 aromatic carbocycles. The number of hydrogen-bond donors (Lipinski definition) is 19. The van der Waals surface area contributed by atoms with Crippen LogP contribution in [0.2, 0.25) is 0 Å². The van der Waals surface area contributed by atoms with Gasteiger partial charge in [-0.25, -0.2) is 4.79 Å². The number of aliphatic imine (C=N–C) groups is 1. The molecule has 2 aliphatic heterocycles. The molecule has 0 saturated carbocycles. The number of esters is 1. The van der Waals surface area contributed by atoms with Crippen molar-refractivity contribution in [1.29, 1.82) is 0 Å². The Bertz CT molecular complexity index is 2090. The monoisotopic (exact) mass is 1230 g/mol. The van der Waals surface area contributed by atoms with Gasteiger partial charge in [0.05, 0.1) is 79.9 Å². The topological polar surface area (TPSA) is 453 Å². The highest BCUT2D eigenvalue weighted by molar-refractivity contribution is 5.87. The Labute approximate surface area is 508 Å². The molecular formula is C62H111N3O21. The summed E-state index contributed by atoms with van der Waals surface area (Å²) < 4.78 is 17.5. The molecule has 27 unspecified atom stereocenters. The number of rotatable bonds is 9. The molecule has 27 atom stereocenters. The van der Waals surface area contributed by atoms with E-state index in [1.54, 1.807) is 66.7 Å². The van der Waals surface area contributed by atoms with E-state index in [-0.39, 0.29) is 68.1 Å². The molecule has 1 fully saturated rings. The Hall–Kier alpha value is -3.32. The van der Waals surface area contributed by atoms with Gasteiger partial charge in [-0.15, -0.1) is 0 Å². The van der Waals surface area contributed by atoms with Crippen molar-refractivity contribution >= 4 is 11.9 Å². The molecule has 0 amide bonds. The molecule has 2 rings (SSSR count). The standard InChI is InChI=1S/C62H111N3O21/c1-32-25-42(68)29-47(73)40(9)55(78)56(79)49(75)30-43(69)28-41(67)18-13-21-50(38(7)45(71)20-14-24-65-62(63)64)84-60(83)36(5)17-12-16-34(3)54(77)39(8)46(72)19-11-10-15-33(2)44(70)23-22-35(4)53(76)37(6)27-51(48(74)26-32)85-61-59(82)58(81)57(80)52(31-66)86-61/h10,13,15,17-18,22-23,27,32-35,38-59,61,66-82H,11-12,14,16,19-21,24-26,28-31H2,1-9H3,(H4,63,64,65). The molecule has 1 saturated heterocycles. The number of carbonyl (C=O) groups is 1. The van der Waals surface area contributed by atoms with Gasteiger partial charge in [-0.05, 0) is 89.0 Å². The highest BCUT2D eigenvalue weighted by Gasteiger charge is 2.46. The first-order chi connectivity index (χ1) is 40.2. The quantitative estimate of drug-likeness (QED) is 0.0466. The molecule has 86 heavy (non-hydrogen) atoms. The molecule has 21 N–H and O–H groups in total. The van der Waals surface area contributed by atoms with Crippen LogP contribution in [-0.4, -0.2) is 234 Å². The predicted molar refractivity (Wildman–Crippen MR) is 322 cm³/mol. The highest BCUT2D eigenvalue weighted by atomic mass is 16.7. The molecule has 0 radical (unpaired) electrons. The van der Waals surface area contributed by atoms with Gasteiger partial charge in [0.25, 0.3) is 0 Å². The molecule has 0 bridgehead atoms. The predicted octanol–water partition coefficient (Wildman–Crippen LogP) is -0.243. The van der Waals surface area contributed by atoms with Crippen LogP contribution in [0, 0.1) is 41.4 Å². The minimum atomic E-state index is -1.89. The molecule has 0 spiro atoms. The minimum absolute atomic E-state index is 0.0306. The van der Waals surface area contributed by atoms with Crippen molar-refractivity contribution < 1.29 is 106 Å². The summed E-state index contributed by atoms with van der Waals surface area (Å²) in [5, 5.41) is 186. The lowest BCUT2D eigenvalue weighted by molar-refractivity contribution is -0.312. The van der Waals surface area contributed by atoms with E-state index in [1.807, 2.05) is 13.0 Å². The van der Waals surface area contributed by atoms with Crippen molar-refractivity contribution in [2.24, 2.45) is 57.9 Å². The summed E-state index contributed by atoms with van der Waals surface area (Å²) in [6.07, 6.45) is -14.0. The normalized spacial score (nSPS) is 40.6. The van der Waals surface area contributed by atoms with Gasteiger partial charge in [0.1, 0.15) is 42.7 Å². The Kier molecular flexibility index (Phi) is 36.4. The molecule has 2 aliphatic rings. The Morgan fingerprint density at radius 1 is 0.674 bits per heavy atom. The summed E-state index contributed by atoms with van der Waals surface area (Å²) in [6.45, 7) is 14.5. The number of nitrogens with two attached hydrogens (primary N) is 2. The number of carbonyl (C=O) groups excluding carboxylic acids is 1. The van der Waals surface area contributed by atoms with Crippen LogP contribution in [0.4, 0.5) is 0 Å². The van der Waals surface area contributed by atoms with E-state index < -0.39 is 177 Å². The second-order valence-corrected chi connectivity index (χ2v) is 24.8. The van der Waals surface area contributed by atoms with Crippen LogP contribution >= 0.6 is 0 Å². The first-order valence-corrected chi connectivity index (χ1v) is 30.7. The number of aliphatic hydroxyl groups is 17. The van der Waals surface area contributed by atoms with E-state index in [9.17, 15) is 91.6 Å². The van der Waals surface area contributed by atoms with Crippen molar-refractivity contribution in [2.75, 3.05) is 13.2 Å². The molecule has 24 heteroatoms. The Morgan fingerprint density at radius 2 is 1.30 bits per heavy atom. The third-order valence-electron chi connectivity index (χ3n) is 17.1. The maximum Gasteiger partial charge on any atom is 0.333 e. The van der Waals surface area contributed by atoms with Gasteiger partial charge in [0, 0.05) is 61.0 Å². The van der Waals surface area contributed by atoms with Crippen LogP contribution < -0.4 is 11.5 Å². The fourth-order valence-corrected chi connectivity index (χ4v) is 10.8. The zero-order chi connectivity index (χ0) is 65.3. The van der Waals surface area contributed by atoms with E-state index in [4.69, 9.17) is 25.7 Å². The van der Waals surface area contributed by atoms with E-state index in [0.717, 1.165) is 0 Å². The molecule has 24 nitrogen and oxygen atoms in total. The summed E-state index contributed by atoms with van der Waals surface area (Å²) in [7, 11) is 0. The molecule has 0 aliphatic carbocycles. The number of cyclic esters (lactones) is 1. The van der Waals surface area contributed by atoms with Gasteiger partial charge >= 0.3 is 5.97 Å². The van der Waals surface area contributed by atoms with Gasteiger partial charge in [0.15, 0.2) is 12.2 Å². The third-order valence-corrected chi connectivity index (χ3v) is 17.1. The second-order valence-electron chi connectivity index (χ2n) is 24.8. The van der Waals surface area contributed by atoms with E-state index in [2.05, 4.69) is 4.99 Å². The average Bonchev–Trinajstić information content (AvgIpc) is 3.36. The number of nitrogens with zero attached hydrogens (tertiary/aromatic N) is 1. The SMILES string of the molecule is CC1=CCCC(C)C(O)C(C)C(O)CCC=CC(C)C(O)C=CC(C)C(O)C(C)=CC(OC2OC(CO)C(O)C(O)C2O)C(O)CC(C)CC(O)CC(O)C(C)C(O)C(O)C(O)CC(O)CC(O)C=CCC(C(C)C(O)CCCN=C(N)N)OC1=O. The van der Waals surface area contributed by atoms with Crippen molar-refractivity contribution in [3.05, 3.63) is 59.8 Å². The zero-order valence-electron chi connectivity index (χ0n) is 51.9. The minimum Gasteiger partial charge on any atom is -0.458 e. The van der Waals surface area contributed by atoms with Gasteiger partial charge in [-0.3, -0.25) is 4.99 Å². The van der Waals surface area contributed by atoms with Crippen molar-refractivity contribution in [3.63, 3.8) is 0 Å². The van der Waals surface area contributed by atoms with E-state index >= 15 is 0 Å². The van der Waals surface area contributed by atoms with E-state index in [1.165, 1.54) is 31.2 Å². The summed E-state index contributed by atoms with van der Waals surface area (Å²) in [5.74, 6) is -4.83. The maximum atomic E-state index is 13.5. The maximum absolute atomic E-state index is 13.5. The second kappa shape index (κ2) is 39.7. The highest BCUT2D eigenvalue weighted by Crippen LogP contribution is 2.30. The molecule has 2 heterocycles. The molecule has 0 aromatic heterocycles. The zero-order valence-corrected chi connectivity index (χ0v) is 51.9. The van der Waals surface area contributed by atoms with Gasteiger partial charge < -0.3 is 112 Å². The lowest BCUT2D eigenvalue weighted by atomic mass is 9.85.